The second-order valence-corrected chi connectivity index (χ2v) is 6.29. The van der Waals surface area contributed by atoms with Crippen LogP contribution in [0.2, 0.25) is 0 Å². The molecule has 6 heteroatoms. The van der Waals surface area contributed by atoms with Crippen molar-refractivity contribution < 1.29 is 13.7 Å². The van der Waals surface area contributed by atoms with Crippen LogP contribution in [0.3, 0.4) is 0 Å². The third-order valence-electron chi connectivity index (χ3n) is 4.38. The van der Waals surface area contributed by atoms with E-state index in [0.29, 0.717) is 30.2 Å². The van der Waals surface area contributed by atoms with Crippen LogP contribution in [0.1, 0.15) is 38.5 Å². The summed E-state index contributed by atoms with van der Waals surface area (Å²) in [6, 6.07) is 6.38. The molecule has 1 amide bonds. The minimum Gasteiger partial charge on any atom is -0.342 e. The molecule has 2 aromatic rings. The number of carbonyl (C=O) groups excluding carboxylic acids is 1. The van der Waals surface area contributed by atoms with Crippen LogP contribution in [-0.4, -0.2) is 34.0 Å². The first-order valence-electron chi connectivity index (χ1n) is 8.52. The Labute approximate surface area is 140 Å². The van der Waals surface area contributed by atoms with Crippen molar-refractivity contribution in [3.8, 4) is 11.4 Å². The molecule has 1 aromatic carbocycles. The van der Waals surface area contributed by atoms with Crippen molar-refractivity contribution in [3.05, 3.63) is 36.0 Å². The quantitative estimate of drug-likeness (QED) is 0.842. The highest BCUT2D eigenvalue weighted by Gasteiger charge is 2.25. The van der Waals surface area contributed by atoms with Crippen LogP contribution in [0.25, 0.3) is 11.4 Å². The lowest BCUT2D eigenvalue weighted by Crippen LogP contribution is -2.40. The van der Waals surface area contributed by atoms with Gasteiger partial charge in [-0.1, -0.05) is 24.2 Å². The molecule has 0 bridgehead atoms. The van der Waals surface area contributed by atoms with E-state index < -0.39 is 0 Å². The predicted molar refractivity (Wildman–Crippen MR) is 87.6 cm³/mol. The summed E-state index contributed by atoms with van der Waals surface area (Å²) < 4.78 is 19.1. The maximum Gasteiger partial charge on any atom is 0.227 e. The van der Waals surface area contributed by atoms with Gasteiger partial charge in [-0.05, 0) is 37.3 Å². The number of carbonyl (C=O) groups is 1. The first-order chi connectivity index (χ1) is 11.7. The Kier molecular flexibility index (Phi) is 5.23. The standard InChI is InChI=1S/C18H22FN3O2/c1-2-6-17(23)22-10-5-7-13(12-22)11-16-20-18(21-24-16)14-8-3-4-9-15(14)19/h3-4,8-9,13H,2,5-7,10-12H2,1H3. The van der Waals surface area contributed by atoms with Crippen LogP contribution in [0, 0.1) is 11.7 Å². The normalized spacial score (nSPS) is 17.9. The molecule has 3 rings (SSSR count). The molecule has 0 N–H and O–H groups in total. The van der Waals surface area contributed by atoms with Crippen molar-refractivity contribution in [2.45, 2.75) is 39.0 Å². The van der Waals surface area contributed by atoms with E-state index in [1.54, 1.807) is 18.2 Å². The van der Waals surface area contributed by atoms with Gasteiger partial charge in [-0.25, -0.2) is 4.39 Å². The van der Waals surface area contributed by atoms with E-state index in [0.717, 1.165) is 32.4 Å². The number of halogens is 1. The van der Waals surface area contributed by atoms with Crippen LogP contribution < -0.4 is 0 Å². The molecule has 0 radical (unpaired) electrons. The van der Waals surface area contributed by atoms with Crippen LogP contribution >= 0.6 is 0 Å². The van der Waals surface area contributed by atoms with Gasteiger partial charge in [-0.15, -0.1) is 0 Å². The molecule has 24 heavy (non-hydrogen) atoms. The molecule has 2 heterocycles. The van der Waals surface area contributed by atoms with E-state index in [1.807, 2.05) is 11.8 Å². The van der Waals surface area contributed by atoms with E-state index >= 15 is 0 Å². The monoisotopic (exact) mass is 331 g/mol. The minimum absolute atomic E-state index is 0.222. The molecule has 1 aliphatic heterocycles. The average Bonchev–Trinajstić information content (AvgIpc) is 3.04. The Morgan fingerprint density at radius 1 is 1.42 bits per heavy atom. The summed E-state index contributed by atoms with van der Waals surface area (Å²) in [6.45, 7) is 3.58. The van der Waals surface area contributed by atoms with E-state index in [-0.39, 0.29) is 17.5 Å². The SMILES string of the molecule is CCCC(=O)N1CCCC(Cc2nc(-c3ccccc3F)no2)C1. The number of aromatic nitrogens is 2. The summed E-state index contributed by atoms with van der Waals surface area (Å²) in [4.78, 5) is 18.3. The fraction of sp³-hybridized carbons (Fsp3) is 0.500. The molecule has 1 aliphatic rings. The average molecular weight is 331 g/mol. The molecule has 1 unspecified atom stereocenters. The number of nitrogens with zero attached hydrogens (tertiary/aromatic N) is 3. The predicted octanol–water partition coefficient (Wildman–Crippen LogP) is 3.46. The number of rotatable bonds is 5. The molecule has 1 atom stereocenters. The lowest BCUT2D eigenvalue weighted by molar-refractivity contribution is -0.133. The van der Waals surface area contributed by atoms with E-state index in [1.165, 1.54) is 6.07 Å². The number of amides is 1. The molecular weight excluding hydrogens is 309 g/mol. The van der Waals surface area contributed by atoms with Gasteiger partial charge < -0.3 is 9.42 Å². The van der Waals surface area contributed by atoms with Crippen molar-refractivity contribution in [3.63, 3.8) is 0 Å². The number of hydrogen-bond acceptors (Lipinski definition) is 4. The summed E-state index contributed by atoms with van der Waals surface area (Å²) >= 11 is 0. The summed E-state index contributed by atoms with van der Waals surface area (Å²) in [5.74, 6) is 0.952. The zero-order chi connectivity index (χ0) is 16.9. The first-order valence-corrected chi connectivity index (χ1v) is 8.52. The van der Waals surface area contributed by atoms with Crippen molar-refractivity contribution in [1.29, 1.82) is 0 Å². The Hall–Kier alpha value is -2.24. The fourth-order valence-electron chi connectivity index (χ4n) is 3.17. The molecule has 1 aromatic heterocycles. The summed E-state index contributed by atoms with van der Waals surface area (Å²) in [7, 11) is 0. The van der Waals surface area contributed by atoms with E-state index in [4.69, 9.17) is 4.52 Å². The van der Waals surface area contributed by atoms with E-state index in [9.17, 15) is 9.18 Å². The Bertz CT molecular complexity index is 701. The molecule has 0 aliphatic carbocycles. The van der Waals surface area contributed by atoms with Crippen LogP contribution in [0.4, 0.5) is 4.39 Å². The molecule has 0 saturated carbocycles. The highest BCUT2D eigenvalue weighted by atomic mass is 19.1. The van der Waals surface area contributed by atoms with Gasteiger partial charge in [0.25, 0.3) is 0 Å². The Morgan fingerprint density at radius 3 is 3.04 bits per heavy atom. The van der Waals surface area contributed by atoms with Gasteiger partial charge >= 0.3 is 0 Å². The summed E-state index contributed by atoms with van der Waals surface area (Å²) in [6.07, 6.45) is 4.12. The lowest BCUT2D eigenvalue weighted by Gasteiger charge is -2.32. The maximum atomic E-state index is 13.8. The van der Waals surface area contributed by atoms with Crippen molar-refractivity contribution >= 4 is 5.91 Å². The molecule has 1 fully saturated rings. The molecular formula is C18H22FN3O2. The second kappa shape index (κ2) is 7.55. The Balaban J connectivity index is 1.64. The summed E-state index contributed by atoms with van der Waals surface area (Å²) in [5.41, 5.74) is 0.343. The largest absolute Gasteiger partial charge is 0.342 e. The lowest BCUT2D eigenvalue weighted by atomic mass is 9.94. The number of hydrogen-bond donors (Lipinski definition) is 0. The van der Waals surface area contributed by atoms with Gasteiger partial charge in [-0.3, -0.25) is 4.79 Å². The highest BCUT2D eigenvalue weighted by molar-refractivity contribution is 5.76. The van der Waals surface area contributed by atoms with Crippen molar-refractivity contribution in [2.75, 3.05) is 13.1 Å². The van der Waals surface area contributed by atoms with Crippen LogP contribution in [0.15, 0.2) is 28.8 Å². The molecule has 128 valence electrons. The fourth-order valence-corrected chi connectivity index (χ4v) is 3.17. The van der Waals surface area contributed by atoms with Gasteiger partial charge in [0, 0.05) is 25.9 Å². The molecule has 5 nitrogen and oxygen atoms in total. The first kappa shape index (κ1) is 16.6. The topological polar surface area (TPSA) is 59.2 Å². The van der Waals surface area contributed by atoms with Gasteiger partial charge in [-0.2, -0.15) is 4.98 Å². The number of benzene rings is 1. The number of piperidine rings is 1. The maximum absolute atomic E-state index is 13.8. The molecule has 0 spiro atoms. The van der Waals surface area contributed by atoms with Crippen molar-refractivity contribution in [1.82, 2.24) is 15.0 Å². The van der Waals surface area contributed by atoms with E-state index in [2.05, 4.69) is 10.1 Å². The molecule has 1 saturated heterocycles. The second-order valence-electron chi connectivity index (χ2n) is 6.29. The minimum atomic E-state index is -0.362. The Morgan fingerprint density at radius 2 is 2.25 bits per heavy atom. The highest BCUT2D eigenvalue weighted by Crippen LogP contribution is 2.23. The zero-order valence-corrected chi connectivity index (χ0v) is 13.9. The van der Waals surface area contributed by atoms with Gasteiger partial charge in [0.15, 0.2) is 0 Å². The third kappa shape index (κ3) is 3.80. The number of likely N-dealkylation sites (tertiary alicyclic amines) is 1. The van der Waals surface area contributed by atoms with Crippen molar-refractivity contribution in [2.24, 2.45) is 5.92 Å². The smallest absolute Gasteiger partial charge is 0.227 e. The van der Waals surface area contributed by atoms with Crippen LogP contribution in [0.5, 0.6) is 0 Å². The zero-order valence-electron chi connectivity index (χ0n) is 13.9. The summed E-state index contributed by atoms with van der Waals surface area (Å²) in [5, 5.41) is 3.89. The van der Waals surface area contributed by atoms with Gasteiger partial charge in [0.05, 0.1) is 5.56 Å². The van der Waals surface area contributed by atoms with Gasteiger partial charge in [0.1, 0.15) is 5.82 Å². The van der Waals surface area contributed by atoms with Crippen LogP contribution in [-0.2, 0) is 11.2 Å². The third-order valence-corrected chi connectivity index (χ3v) is 4.38. The van der Waals surface area contributed by atoms with Gasteiger partial charge in [0.2, 0.25) is 17.6 Å².